The molecule has 0 radical (unpaired) electrons. The van der Waals surface area contributed by atoms with Gasteiger partial charge < -0.3 is 61.3 Å². The Morgan fingerprint density at radius 3 is 0.419 bits per heavy atom. The number of hydrogen-bond donors (Lipinski definition) is 12. The molecule has 180 valence electrons. The molecule has 0 bridgehead atoms. The molecular weight excluding hydrogens is 616 g/mol. The normalized spacial score (nSPS) is 15.3. The van der Waals surface area contributed by atoms with Gasteiger partial charge in [-0.1, -0.05) is 0 Å². The van der Waals surface area contributed by atoms with Crippen molar-refractivity contribution in [1.82, 2.24) is 0 Å². The number of aliphatic hydroxyl groups excluding tert-OH is 6. The van der Waals surface area contributed by atoms with E-state index in [9.17, 15) is 28.8 Å². The summed E-state index contributed by atoms with van der Waals surface area (Å²) in [5.74, 6) is -10.6. The zero-order valence-electron chi connectivity index (χ0n) is 14.7. The average Bonchev–Trinajstić information content (AvgIpc) is 2.64. The van der Waals surface area contributed by atoms with Crippen molar-refractivity contribution in [2.24, 2.45) is 0 Å². The standard InChI is InChI=1S/3C4H6O6.W/c3*5-1(3(7)8)2(6)4(9)10;/h3*1-2,5-6H,(H,7,8)(H,9,10);. The number of hydrogen-bond acceptors (Lipinski definition) is 12. The second-order valence-electron chi connectivity index (χ2n) is 4.70. The fraction of sp³-hybridized carbons (Fsp3) is 0.500. The zero-order valence-corrected chi connectivity index (χ0v) is 17.6. The van der Waals surface area contributed by atoms with Gasteiger partial charge in [-0.15, -0.1) is 0 Å². The summed E-state index contributed by atoms with van der Waals surface area (Å²) < 4.78 is 0. The minimum Gasteiger partial charge on any atom is -0.479 e. The topological polar surface area (TPSA) is 345 Å². The smallest absolute Gasteiger partial charge is 0.335 e. The van der Waals surface area contributed by atoms with Gasteiger partial charge in [0.1, 0.15) is 0 Å². The maximum absolute atomic E-state index is 9.77. The molecule has 0 aromatic rings. The van der Waals surface area contributed by atoms with Gasteiger partial charge >= 0.3 is 35.8 Å². The van der Waals surface area contributed by atoms with Gasteiger partial charge in [0.15, 0.2) is 36.6 Å². The first-order valence-electron chi connectivity index (χ1n) is 6.85. The van der Waals surface area contributed by atoms with E-state index in [-0.39, 0.29) is 21.1 Å². The van der Waals surface area contributed by atoms with Crippen molar-refractivity contribution in [2.45, 2.75) is 36.6 Å². The van der Waals surface area contributed by atoms with Crippen LogP contribution in [0.25, 0.3) is 0 Å². The van der Waals surface area contributed by atoms with E-state index in [1.165, 1.54) is 0 Å². The molecule has 0 fully saturated rings. The molecule has 31 heavy (non-hydrogen) atoms. The van der Waals surface area contributed by atoms with Gasteiger partial charge in [0.05, 0.1) is 0 Å². The summed E-state index contributed by atoms with van der Waals surface area (Å²) in [6.07, 6.45) is -13.6. The van der Waals surface area contributed by atoms with Gasteiger partial charge in [0, 0.05) is 21.1 Å². The minimum atomic E-state index is -2.27. The van der Waals surface area contributed by atoms with Crippen molar-refractivity contribution < 1.29 is 111 Å². The Hall–Kier alpha value is -2.73. The van der Waals surface area contributed by atoms with E-state index in [0.717, 1.165) is 0 Å². The Bertz CT molecular complexity index is 493. The Balaban J connectivity index is -0.000000174. The molecule has 6 unspecified atom stereocenters. The van der Waals surface area contributed by atoms with E-state index in [1.54, 1.807) is 0 Å². The molecule has 19 heteroatoms. The summed E-state index contributed by atoms with van der Waals surface area (Å²) in [5.41, 5.74) is 0. The van der Waals surface area contributed by atoms with Crippen molar-refractivity contribution in [1.29, 1.82) is 0 Å². The summed E-state index contributed by atoms with van der Waals surface area (Å²) in [4.78, 5) is 58.6. The van der Waals surface area contributed by atoms with E-state index in [2.05, 4.69) is 0 Å². The molecule has 6 atom stereocenters. The van der Waals surface area contributed by atoms with Gasteiger partial charge in [-0.05, 0) is 0 Å². The van der Waals surface area contributed by atoms with Crippen LogP contribution in [0, 0.1) is 0 Å². The molecule has 0 saturated carbocycles. The average molecular weight is 634 g/mol. The molecule has 0 aliphatic rings. The summed E-state index contributed by atoms with van der Waals surface area (Å²) in [7, 11) is 0. The van der Waals surface area contributed by atoms with Crippen LogP contribution in [0.3, 0.4) is 0 Å². The van der Waals surface area contributed by atoms with Crippen LogP contribution in [0.4, 0.5) is 0 Å². The Morgan fingerprint density at radius 1 is 0.323 bits per heavy atom. The SMILES string of the molecule is O=C(O)C(O)C(O)C(=O)O.O=C(O)C(O)C(O)C(=O)O.O=C(O)C(O)C(O)C(=O)O.[W]. The summed E-state index contributed by atoms with van der Waals surface area (Å²) in [6.45, 7) is 0. The minimum absolute atomic E-state index is 0. The van der Waals surface area contributed by atoms with Gasteiger partial charge in [0.25, 0.3) is 0 Å². The number of carbonyl (C=O) groups is 6. The molecule has 0 saturated heterocycles. The third-order valence-electron chi connectivity index (χ3n) is 2.42. The van der Waals surface area contributed by atoms with E-state index in [4.69, 9.17) is 61.3 Å². The van der Waals surface area contributed by atoms with Crippen LogP contribution in [-0.4, -0.2) is 134 Å². The Kier molecular flexibility index (Phi) is 19.6. The Labute approximate surface area is 184 Å². The Morgan fingerprint density at radius 2 is 0.387 bits per heavy atom. The number of aliphatic hydroxyl groups is 6. The van der Waals surface area contributed by atoms with Gasteiger partial charge in [0.2, 0.25) is 0 Å². The maximum atomic E-state index is 9.77. The molecule has 0 rings (SSSR count). The van der Waals surface area contributed by atoms with E-state index in [0.29, 0.717) is 0 Å². The monoisotopic (exact) mass is 634 g/mol. The van der Waals surface area contributed by atoms with Crippen LogP contribution in [-0.2, 0) is 49.8 Å². The molecule has 0 aromatic heterocycles. The fourth-order valence-electron chi connectivity index (χ4n) is 0.810. The van der Waals surface area contributed by atoms with Crippen molar-refractivity contribution in [3.05, 3.63) is 0 Å². The van der Waals surface area contributed by atoms with E-state index < -0.39 is 72.4 Å². The molecule has 0 amide bonds. The number of rotatable bonds is 9. The van der Waals surface area contributed by atoms with Crippen LogP contribution < -0.4 is 0 Å². The van der Waals surface area contributed by atoms with E-state index >= 15 is 0 Å². The van der Waals surface area contributed by atoms with Crippen LogP contribution >= 0.6 is 0 Å². The van der Waals surface area contributed by atoms with Crippen LogP contribution in [0.5, 0.6) is 0 Å². The predicted octanol–water partition coefficient (Wildman–Crippen LogP) is -6.37. The quantitative estimate of drug-likeness (QED) is 0.112. The fourth-order valence-corrected chi connectivity index (χ4v) is 0.810. The number of carboxylic acid groups (broad SMARTS) is 6. The maximum Gasteiger partial charge on any atom is 0.335 e. The largest absolute Gasteiger partial charge is 0.479 e. The predicted molar refractivity (Wildman–Crippen MR) is 81.9 cm³/mol. The second kappa shape index (κ2) is 17.0. The molecule has 0 spiro atoms. The van der Waals surface area contributed by atoms with Crippen LogP contribution in [0.2, 0.25) is 0 Å². The van der Waals surface area contributed by atoms with Crippen molar-refractivity contribution in [2.75, 3.05) is 0 Å². The third-order valence-corrected chi connectivity index (χ3v) is 2.42. The molecule has 12 N–H and O–H groups in total. The summed E-state index contributed by atoms with van der Waals surface area (Å²) in [5, 5.41) is 97.6. The van der Waals surface area contributed by atoms with Crippen molar-refractivity contribution >= 4 is 35.8 Å². The molecular formula is C12H18O18W. The van der Waals surface area contributed by atoms with Crippen LogP contribution in [0.15, 0.2) is 0 Å². The molecule has 0 heterocycles. The third kappa shape index (κ3) is 15.7. The second-order valence-corrected chi connectivity index (χ2v) is 4.70. The number of carboxylic acids is 6. The first-order chi connectivity index (χ1) is 13.4. The number of aliphatic carboxylic acids is 6. The summed E-state index contributed by atoms with van der Waals surface area (Å²) in [6, 6.07) is 0. The molecule has 18 nitrogen and oxygen atoms in total. The molecule has 0 aliphatic carbocycles. The summed E-state index contributed by atoms with van der Waals surface area (Å²) >= 11 is 0. The van der Waals surface area contributed by atoms with Gasteiger partial charge in [-0.25, -0.2) is 28.8 Å². The van der Waals surface area contributed by atoms with Crippen LogP contribution in [0.1, 0.15) is 0 Å². The first-order valence-corrected chi connectivity index (χ1v) is 6.85. The van der Waals surface area contributed by atoms with Crippen molar-refractivity contribution in [3.63, 3.8) is 0 Å². The van der Waals surface area contributed by atoms with Gasteiger partial charge in [-0.2, -0.15) is 0 Å². The molecule has 0 aliphatic heterocycles. The molecule has 0 aromatic carbocycles. The zero-order chi connectivity index (χ0) is 24.9. The van der Waals surface area contributed by atoms with Crippen molar-refractivity contribution in [3.8, 4) is 0 Å². The van der Waals surface area contributed by atoms with Gasteiger partial charge in [-0.3, -0.25) is 0 Å². The van der Waals surface area contributed by atoms with E-state index in [1.807, 2.05) is 0 Å². The first kappa shape index (κ1) is 35.7.